The van der Waals surface area contributed by atoms with Crippen molar-refractivity contribution in [3.05, 3.63) is 205 Å². The number of benzene rings is 9. The van der Waals surface area contributed by atoms with Crippen LogP contribution in [-0.4, -0.2) is 0 Å². The molecule has 1 atom stereocenters. The van der Waals surface area contributed by atoms with Gasteiger partial charge in [-0.2, -0.15) is 0 Å². The van der Waals surface area contributed by atoms with E-state index >= 15 is 0 Å². The van der Waals surface area contributed by atoms with Crippen LogP contribution in [0, 0.1) is 5.92 Å². The molecule has 0 fully saturated rings. The number of hydrogen-bond donors (Lipinski definition) is 0. The van der Waals surface area contributed by atoms with Gasteiger partial charge in [0.2, 0.25) is 0 Å². The average Bonchev–Trinajstić information content (AvgIpc) is 3.47. The van der Waals surface area contributed by atoms with Gasteiger partial charge < -0.3 is 4.90 Å². The number of para-hydroxylation sites is 1. The van der Waals surface area contributed by atoms with Crippen LogP contribution >= 0.6 is 0 Å². The van der Waals surface area contributed by atoms with Crippen LogP contribution in [0.1, 0.15) is 38.3 Å². The zero-order valence-electron chi connectivity index (χ0n) is 32.6. The van der Waals surface area contributed by atoms with Crippen molar-refractivity contribution in [2.24, 2.45) is 5.92 Å². The first-order valence-corrected chi connectivity index (χ1v) is 20.3. The predicted octanol–water partition coefficient (Wildman–Crippen LogP) is 15.7. The molecule has 2 aliphatic carbocycles. The normalized spacial score (nSPS) is 15.7. The number of anilines is 3. The van der Waals surface area contributed by atoms with Crippen molar-refractivity contribution in [2.45, 2.75) is 32.6 Å². The third-order valence-electron chi connectivity index (χ3n) is 12.8. The number of hydrogen-bond acceptors (Lipinski definition) is 1. The van der Waals surface area contributed by atoms with Crippen LogP contribution in [0.5, 0.6) is 0 Å². The highest BCUT2D eigenvalue weighted by Crippen LogP contribution is 2.53. The minimum absolute atomic E-state index is 0.0702. The molecular formula is C56H43N. The van der Waals surface area contributed by atoms with Crippen molar-refractivity contribution in [2.75, 3.05) is 4.90 Å². The maximum Gasteiger partial charge on any atom is 0.0540 e. The second-order valence-electron chi connectivity index (χ2n) is 16.6. The van der Waals surface area contributed by atoms with Crippen LogP contribution in [0.2, 0.25) is 0 Å². The van der Waals surface area contributed by atoms with E-state index in [2.05, 4.69) is 214 Å². The SMILES string of the molecule is CC1C=CC2=C(C1)c1ccc(N(c3ccc(-c4ccc5c(ccc6c7ccccc7ccc56)c4)cc3)c3ccccc3-c3ccc4ccccc4c3)cc1C2(C)C. The Labute approximate surface area is 334 Å². The predicted molar refractivity (Wildman–Crippen MR) is 245 cm³/mol. The van der Waals surface area contributed by atoms with Crippen molar-refractivity contribution in [1.29, 1.82) is 0 Å². The zero-order valence-corrected chi connectivity index (χ0v) is 32.6. The van der Waals surface area contributed by atoms with Gasteiger partial charge in [-0.1, -0.05) is 166 Å². The molecule has 1 heteroatoms. The van der Waals surface area contributed by atoms with Gasteiger partial charge in [0.1, 0.15) is 0 Å². The molecule has 0 saturated heterocycles. The van der Waals surface area contributed by atoms with Gasteiger partial charge in [-0.05, 0) is 137 Å². The van der Waals surface area contributed by atoms with Crippen LogP contribution < -0.4 is 4.90 Å². The maximum absolute atomic E-state index is 2.47. The smallest absolute Gasteiger partial charge is 0.0540 e. The van der Waals surface area contributed by atoms with E-state index in [0.29, 0.717) is 5.92 Å². The van der Waals surface area contributed by atoms with Gasteiger partial charge >= 0.3 is 0 Å². The summed E-state index contributed by atoms with van der Waals surface area (Å²) in [5.41, 5.74) is 14.0. The van der Waals surface area contributed by atoms with Gasteiger partial charge in [0.05, 0.1) is 5.69 Å². The average molecular weight is 730 g/mol. The van der Waals surface area contributed by atoms with Crippen LogP contribution in [0.25, 0.3) is 70.9 Å². The van der Waals surface area contributed by atoms with Gasteiger partial charge in [0, 0.05) is 22.4 Å². The van der Waals surface area contributed by atoms with Gasteiger partial charge in [-0.3, -0.25) is 0 Å². The topological polar surface area (TPSA) is 3.24 Å². The van der Waals surface area contributed by atoms with Crippen molar-refractivity contribution < 1.29 is 0 Å². The van der Waals surface area contributed by atoms with Gasteiger partial charge in [0.15, 0.2) is 0 Å². The molecule has 0 heterocycles. The fraction of sp³-hybridized carbons (Fsp3) is 0.107. The monoisotopic (exact) mass is 729 g/mol. The largest absolute Gasteiger partial charge is 0.310 e. The van der Waals surface area contributed by atoms with E-state index in [1.54, 1.807) is 0 Å². The lowest BCUT2D eigenvalue weighted by Gasteiger charge is -2.30. The van der Waals surface area contributed by atoms with Crippen LogP contribution in [0.4, 0.5) is 17.1 Å². The van der Waals surface area contributed by atoms with E-state index in [0.717, 1.165) is 17.8 Å². The van der Waals surface area contributed by atoms with Crippen LogP contribution in [0.3, 0.4) is 0 Å². The second kappa shape index (κ2) is 12.9. The maximum atomic E-state index is 2.47. The Bertz CT molecular complexity index is 3140. The van der Waals surface area contributed by atoms with Crippen molar-refractivity contribution in [3.8, 4) is 22.3 Å². The summed E-state index contributed by atoms with van der Waals surface area (Å²) in [6.45, 7) is 7.13. The molecule has 9 aromatic carbocycles. The third kappa shape index (κ3) is 5.45. The molecule has 9 aromatic rings. The Hall–Kier alpha value is -6.70. The van der Waals surface area contributed by atoms with E-state index in [-0.39, 0.29) is 5.41 Å². The van der Waals surface area contributed by atoms with Crippen molar-refractivity contribution in [1.82, 2.24) is 0 Å². The molecule has 0 radical (unpaired) electrons. The molecule has 0 aromatic heterocycles. The minimum atomic E-state index is -0.0702. The lowest BCUT2D eigenvalue weighted by molar-refractivity contribution is 0.643. The van der Waals surface area contributed by atoms with Crippen molar-refractivity contribution in [3.63, 3.8) is 0 Å². The molecule has 0 bridgehead atoms. The molecule has 272 valence electrons. The first-order chi connectivity index (χ1) is 27.9. The van der Waals surface area contributed by atoms with Gasteiger partial charge in [0.25, 0.3) is 0 Å². The molecular weight excluding hydrogens is 687 g/mol. The van der Waals surface area contributed by atoms with Gasteiger partial charge in [-0.15, -0.1) is 0 Å². The van der Waals surface area contributed by atoms with Gasteiger partial charge in [-0.25, -0.2) is 0 Å². The molecule has 11 rings (SSSR count). The lowest BCUT2D eigenvalue weighted by Crippen LogP contribution is -2.18. The third-order valence-corrected chi connectivity index (χ3v) is 12.8. The molecule has 2 aliphatic rings. The summed E-state index contributed by atoms with van der Waals surface area (Å²) in [5, 5.41) is 10.2. The Balaban J connectivity index is 1.03. The van der Waals surface area contributed by atoms with E-state index in [9.17, 15) is 0 Å². The second-order valence-corrected chi connectivity index (χ2v) is 16.6. The summed E-state index contributed by atoms with van der Waals surface area (Å²) >= 11 is 0. The number of nitrogens with zero attached hydrogens (tertiary/aromatic N) is 1. The van der Waals surface area contributed by atoms with Crippen molar-refractivity contribution >= 4 is 65.7 Å². The molecule has 57 heavy (non-hydrogen) atoms. The summed E-state index contributed by atoms with van der Waals surface area (Å²) in [6, 6.07) is 65.5. The molecule has 1 unspecified atom stereocenters. The quantitative estimate of drug-likeness (QED) is 0.159. The minimum Gasteiger partial charge on any atom is -0.310 e. The highest BCUT2D eigenvalue weighted by atomic mass is 15.1. The van der Waals surface area contributed by atoms with E-state index in [1.807, 2.05) is 0 Å². The Morgan fingerprint density at radius 2 is 1.09 bits per heavy atom. The summed E-state index contributed by atoms with van der Waals surface area (Å²) in [4.78, 5) is 2.47. The fourth-order valence-electron chi connectivity index (χ4n) is 9.81. The summed E-state index contributed by atoms with van der Waals surface area (Å²) < 4.78 is 0. The first kappa shape index (κ1) is 33.6. The number of fused-ring (bicyclic) bond motifs is 8. The zero-order chi connectivity index (χ0) is 38.3. The molecule has 0 saturated carbocycles. The van der Waals surface area contributed by atoms with Crippen LogP contribution in [-0.2, 0) is 5.41 Å². The molecule has 1 nitrogen and oxygen atoms in total. The summed E-state index contributed by atoms with van der Waals surface area (Å²) in [6.07, 6.45) is 5.88. The number of rotatable bonds is 5. The summed E-state index contributed by atoms with van der Waals surface area (Å²) in [7, 11) is 0. The Morgan fingerprint density at radius 1 is 0.474 bits per heavy atom. The molecule has 0 N–H and O–H groups in total. The standard InChI is InChI=1S/C56H43N/c1-36-16-31-53-52(32-36)51-30-26-45(35-54(51)56(53,2)3)57(55-15-9-8-14-48(55)43-18-17-37-10-4-5-12-40(37)33-43)44-24-19-38(20-25-44)41-22-27-47-42(34-41)23-29-49-46-13-7-6-11-39(46)21-28-50(47)49/h4-31,33-36H,32H2,1-3H3. The van der Waals surface area contributed by atoms with E-state index in [1.165, 1.54) is 93.3 Å². The Morgan fingerprint density at radius 3 is 1.93 bits per heavy atom. The molecule has 0 aliphatic heterocycles. The molecule has 0 spiro atoms. The fourth-order valence-corrected chi connectivity index (χ4v) is 9.81. The van der Waals surface area contributed by atoms with E-state index < -0.39 is 0 Å². The van der Waals surface area contributed by atoms with E-state index in [4.69, 9.17) is 0 Å². The Kier molecular flexibility index (Phi) is 7.63. The number of allylic oxidation sites excluding steroid dienone is 4. The highest BCUT2D eigenvalue weighted by molar-refractivity contribution is 6.17. The lowest BCUT2D eigenvalue weighted by atomic mass is 9.79. The first-order valence-electron chi connectivity index (χ1n) is 20.3. The molecule has 0 amide bonds. The summed E-state index contributed by atoms with van der Waals surface area (Å²) in [5.74, 6) is 0.552. The van der Waals surface area contributed by atoms with Crippen LogP contribution in [0.15, 0.2) is 194 Å². The highest BCUT2D eigenvalue weighted by Gasteiger charge is 2.38.